The van der Waals surface area contributed by atoms with Crippen molar-refractivity contribution in [1.82, 2.24) is 9.80 Å². The van der Waals surface area contributed by atoms with Gasteiger partial charge in [0.25, 0.3) is 5.91 Å². The van der Waals surface area contributed by atoms with E-state index in [-0.39, 0.29) is 17.2 Å². The molecule has 0 bridgehead atoms. The number of nitrogens with two attached hydrogens (primary N) is 1. The highest BCUT2D eigenvalue weighted by Crippen LogP contribution is 2.39. The summed E-state index contributed by atoms with van der Waals surface area (Å²) < 4.78 is 0. The second-order valence-electron chi connectivity index (χ2n) is 6.25. The van der Waals surface area contributed by atoms with Crippen molar-refractivity contribution in [3.05, 3.63) is 22.4 Å². The van der Waals surface area contributed by atoms with Gasteiger partial charge in [-0.1, -0.05) is 18.9 Å². The highest BCUT2D eigenvalue weighted by atomic mass is 32.1. The molecule has 1 aliphatic carbocycles. The van der Waals surface area contributed by atoms with Gasteiger partial charge in [-0.15, -0.1) is 11.3 Å². The number of hydrogen-bond donors (Lipinski definition) is 1. The van der Waals surface area contributed by atoms with Gasteiger partial charge >= 0.3 is 0 Å². The molecular weight excluding hydrogens is 298 g/mol. The Hall–Kier alpha value is -1.40. The summed E-state index contributed by atoms with van der Waals surface area (Å²) in [6, 6.07) is 3.75. The van der Waals surface area contributed by atoms with E-state index in [2.05, 4.69) is 0 Å². The first-order valence-corrected chi connectivity index (χ1v) is 8.86. The van der Waals surface area contributed by atoms with Gasteiger partial charge < -0.3 is 15.5 Å². The van der Waals surface area contributed by atoms with Gasteiger partial charge in [-0.3, -0.25) is 9.59 Å². The monoisotopic (exact) mass is 321 g/mol. The van der Waals surface area contributed by atoms with Crippen LogP contribution in [0.1, 0.15) is 35.4 Å². The van der Waals surface area contributed by atoms with Crippen molar-refractivity contribution < 1.29 is 9.59 Å². The second-order valence-corrected chi connectivity index (χ2v) is 7.20. The molecule has 1 saturated heterocycles. The zero-order valence-electron chi connectivity index (χ0n) is 12.8. The van der Waals surface area contributed by atoms with Crippen molar-refractivity contribution in [1.29, 1.82) is 0 Å². The van der Waals surface area contributed by atoms with Crippen LogP contribution < -0.4 is 5.73 Å². The first kappa shape index (κ1) is 15.5. The summed E-state index contributed by atoms with van der Waals surface area (Å²) in [5.74, 6) is 0.284. The lowest BCUT2D eigenvalue weighted by Gasteiger charge is -2.39. The number of nitrogens with zero attached hydrogens (tertiary/aromatic N) is 2. The fourth-order valence-corrected chi connectivity index (χ4v) is 4.25. The van der Waals surface area contributed by atoms with E-state index in [0.717, 1.165) is 30.6 Å². The number of piperazine rings is 1. The molecule has 0 unspecified atom stereocenters. The minimum Gasteiger partial charge on any atom is -0.339 e. The summed E-state index contributed by atoms with van der Waals surface area (Å²) in [5.41, 5.74) is 5.57. The van der Waals surface area contributed by atoms with Gasteiger partial charge in [-0.25, -0.2) is 0 Å². The summed E-state index contributed by atoms with van der Waals surface area (Å²) in [6.07, 6.45) is 4.02. The molecule has 0 radical (unpaired) electrons. The molecule has 0 aromatic carbocycles. The summed E-state index contributed by atoms with van der Waals surface area (Å²) in [4.78, 5) is 29.7. The van der Waals surface area contributed by atoms with Crippen LogP contribution in [0, 0.1) is 5.41 Å². The third-order valence-electron chi connectivity index (χ3n) is 4.99. The summed E-state index contributed by atoms with van der Waals surface area (Å²) in [7, 11) is 0. The molecule has 2 heterocycles. The van der Waals surface area contributed by atoms with Crippen LogP contribution in [0.15, 0.2) is 17.5 Å². The Morgan fingerprint density at radius 3 is 2.32 bits per heavy atom. The fraction of sp³-hybridized carbons (Fsp3) is 0.625. The minimum atomic E-state index is -0.333. The lowest BCUT2D eigenvalue weighted by molar-refractivity contribution is -0.143. The van der Waals surface area contributed by atoms with Crippen molar-refractivity contribution in [2.45, 2.75) is 25.7 Å². The van der Waals surface area contributed by atoms with E-state index in [1.54, 1.807) is 0 Å². The van der Waals surface area contributed by atoms with Crippen molar-refractivity contribution >= 4 is 23.2 Å². The Kier molecular flexibility index (Phi) is 4.49. The maximum atomic E-state index is 12.8. The smallest absolute Gasteiger partial charge is 0.264 e. The molecular formula is C16H23N3O2S. The average molecular weight is 321 g/mol. The first-order chi connectivity index (χ1) is 10.7. The minimum absolute atomic E-state index is 0.0801. The quantitative estimate of drug-likeness (QED) is 0.918. The van der Waals surface area contributed by atoms with Crippen molar-refractivity contribution in [3.63, 3.8) is 0 Å². The maximum Gasteiger partial charge on any atom is 0.264 e. The van der Waals surface area contributed by atoms with Gasteiger partial charge in [0, 0.05) is 32.7 Å². The molecule has 2 fully saturated rings. The van der Waals surface area contributed by atoms with Crippen LogP contribution in [0.4, 0.5) is 0 Å². The Morgan fingerprint density at radius 1 is 1.14 bits per heavy atom. The van der Waals surface area contributed by atoms with E-state index in [0.29, 0.717) is 32.7 Å². The Morgan fingerprint density at radius 2 is 1.77 bits per heavy atom. The molecule has 22 heavy (non-hydrogen) atoms. The lowest BCUT2D eigenvalue weighted by atomic mass is 9.84. The predicted molar refractivity (Wildman–Crippen MR) is 86.8 cm³/mol. The van der Waals surface area contributed by atoms with Gasteiger partial charge in [-0.05, 0) is 24.3 Å². The highest BCUT2D eigenvalue weighted by molar-refractivity contribution is 7.12. The maximum absolute atomic E-state index is 12.8. The first-order valence-electron chi connectivity index (χ1n) is 7.98. The zero-order chi connectivity index (χ0) is 15.6. The van der Waals surface area contributed by atoms with Crippen molar-refractivity contribution in [2.24, 2.45) is 11.1 Å². The van der Waals surface area contributed by atoms with Gasteiger partial charge in [0.1, 0.15) is 0 Å². The number of carbonyl (C=O) groups is 2. The van der Waals surface area contributed by atoms with Crippen LogP contribution in [-0.4, -0.2) is 54.3 Å². The van der Waals surface area contributed by atoms with Gasteiger partial charge in [0.05, 0.1) is 10.3 Å². The number of rotatable bonds is 3. The molecule has 1 aliphatic heterocycles. The number of amides is 2. The van der Waals surface area contributed by atoms with Crippen LogP contribution >= 0.6 is 11.3 Å². The van der Waals surface area contributed by atoms with Crippen molar-refractivity contribution in [2.75, 3.05) is 32.7 Å². The van der Waals surface area contributed by atoms with Crippen LogP contribution in [0.2, 0.25) is 0 Å². The molecule has 2 N–H and O–H groups in total. The predicted octanol–water partition coefficient (Wildman–Crippen LogP) is 1.55. The van der Waals surface area contributed by atoms with E-state index >= 15 is 0 Å². The third-order valence-corrected chi connectivity index (χ3v) is 5.85. The van der Waals surface area contributed by atoms with E-state index in [4.69, 9.17) is 5.73 Å². The van der Waals surface area contributed by atoms with Crippen LogP contribution in [0.25, 0.3) is 0 Å². The molecule has 2 aliphatic rings. The fourth-order valence-electron chi connectivity index (χ4n) is 3.56. The Balaban J connectivity index is 1.60. The van der Waals surface area contributed by atoms with Crippen LogP contribution in [0.3, 0.4) is 0 Å². The Labute approximate surface area is 135 Å². The topological polar surface area (TPSA) is 66.6 Å². The van der Waals surface area contributed by atoms with E-state index in [1.807, 2.05) is 27.3 Å². The summed E-state index contributed by atoms with van der Waals surface area (Å²) in [6.45, 7) is 2.92. The molecule has 1 saturated carbocycles. The van der Waals surface area contributed by atoms with E-state index < -0.39 is 0 Å². The molecule has 0 spiro atoms. The van der Waals surface area contributed by atoms with E-state index in [9.17, 15) is 9.59 Å². The molecule has 1 aromatic rings. The van der Waals surface area contributed by atoms with E-state index in [1.165, 1.54) is 11.3 Å². The number of carbonyl (C=O) groups excluding carboxylic acids is 2. The van der Waals surface area contributed by atoms with Gasteiger partial charge in [-0.2, -0.15) is 0 Å². The lowest BCUT2D eigenvalue weighted by Crippen LogP contribution is -2.55. The summed E-state index contributed by atoms with van der Waals surface area (Å²) >= 11 is 1.47. The van der Waals surface area contributed by atoms with Crippen molar-refractivity contribution in [3.8, 4) is 0 Å². The number of thiophene rings is 1. The molecule has 2 amide bonds. The second kappa shape index (κ2) is 6.38. The molecule has 0 atom stereocenters. The largest absolute Gasteiger partial charge is 0.339 e. The highest BCUT2D eigenvalue weighted by Gasteiger charge is 2.43. The molecule has 1 aromatic heterocycles. The third kappa shape index (κ3) is 2.77. The number of hydrogen-bond acceptors (Lipinski definition) is 4. The molecule has 3 rings (SSSR count). The van der Waals surface area contributed by atoms with Gasteiger partial charge in [0.15, 0.2) is 0 Å². The molecule has 120 valence electrons. The van der Waals surface area contributed by atoms with Gasteiger partial charge in [0.2, 0.25) is 5.91 Å². The zero-order valence-corrected chi connectivity index (χ0v) is 13.6. The summed E-state index contributed by atoms with van der Waals surface area (Å²) in [5, 5.41) is 1.91. The molecule has 5 nitrogen and oxygen atoms in total. The Bertz CT molecular complexity index is 530. The SMILES string of the molecule is NCC1(C(=O)N2CCN(C(=O)c3cccs3)CC2)CCCC1. The molecule has 6 heteroatoms. The standard InChI is InChI=1S/C16H23N3O2S/c17-12-16(5-1-2-6-16)15(21)19-9-7-18(8-10-19)14(20)13-4-3-11-22-13/h3-4,11H,1-2,5-10,12,17H2. The normalized spacial score (nSPS) is 21.1. The average Bonchev–Trinajstić information content (AvgIpc) is 3.25. The van der Waals surface area contributed by atoms with Crippen LogP contribution in [-0.2, 0) is 4.79 Å². The van der Waals surface area contributed by atoms with Crippen LogP contribution in [0.5, 0.6) is 0 Å².